The van der Waals surface area contributed by atoms with Crippen LogP contribution in [-0.4, -0.2) is 51.7 Å². The number of carbonyl (C=O) groups excluding carboxylic acids is 1. The smallest absolute Gasteiger partial charge is 0.274 e. The first-order valence-electron chi connectivity index (χ1n) is 8.80. The van der Waals surface area contributed by atoms with Crippen molar-refractivity contribution in [1.29, 1.82) is 0 Å². The zero-order valence-electron chi connectivity index (χ0n) is 15.4. The highest BCUT2D eigenvalue weighted by Crippen LogP contribution is 2.24. The summed E-state index contributed by atoms with van der Waals surface area (Å²) < 4.78 is 15.7. The van der Waals surface area contributed by atoms with Crippen molar-refractivity contribution >= 4 is 17.5 Å². The molecule has 1 aromatic heterocycles. The summed E-state index contributed by atoms with van der Waals surface area (Å²) in [7, 11) is 3.67. The zero-order valence-corrected chi connectivity index (χ0v) is 16.1. The fourth-order valence-electron chi connectivity index (χ4n) is 3.38. The molecule has 1 aromatic carbocycles. The molecule has 140 valence electrons. The first kappa shape index (κ1) is 18.9. The monoisotopic (exact) mass is 378 g/mol. The SMILES string of the molecule is Cc1cc(C(=O)N(C)C2CCN(Cc3c(F)cccc3Cl)CC2)nn1C. The van der Waals surface area contributed by atoms with E-state index in [9.17, 15) is 9.18 Å². The van der Waals surface area contributed by atoms with E-state index in [0.717, 1.165) is 31.6 Å². The summed E-state index contributed by atoms with van der Waals surface area (Å²) in [5.74, 6) is -0.318. The second-order valence-corrected chi connectivity index (χ2v) is 7.33. The van der Waals surface area contributed by atoms with Crippen LogP contribution in [0.4, 0.5) is 4.39 Å². The Balaban J connectivity index is 1.58. The van der Waals surface area contributed by atoms with Crippen LogP contribution >= 0.6 is 11.6 Å². The first-order chi connectivity index (χ1) is 12.4. The molecule has 0 atom stereocenters. The molecule has 2 aromatic rings. The van der Waals surface area contributed by atoms with Crippen LogP contribution in [0.15, 0.2) is 24.3 Å². The summed E-state index contributed by atoms with van der Waals surface area (Å²) >= 11 is 6.12. The number of carbonyl (C=O) groups is 1. The van der Waals surface area contributed by atoms with Crippen LogP contribution in [0.3, 0.4) is 0 Å². The van der Waals surface area contributed by atoms with Gasteiger partial charge in [-0.2, -0.15) is 5.10 Å². The summed E-state index contributed by atoms with van der Waals surface area (Å²) in [6.07, 6.45) is 1.69. The number of aryl methyl sites for hydroxylation is 2. The maximum Gasteiger partial charge on any atom is 0.274 e. The Morgan fingerprint density at radius 3 is 2.65 bits per heavy atom. The van der Waals surface area contributed by atoms with Crippen LogP contribution in [0.5, 0.6) is 0 Å². The Labute approximate surface area is 158 Å². The van der Waals surface area contributed by atoms with Gasteiger partial charge >= 0.3 is 0 Å². The maximum absolute atomic E-state index is 14.0. The number of hydrogen-bond acceptors (Lipinski definition) is 3. The lowest BCUT2D eigenvalue weighted by atomic mass is 10.0. The summed E-state index contributed by atoms with van der Waals surface area (Å²) in [4.78, 5) is 16.6. The molecule has 0 saturated carbocycles. The number of aromatic nitrogens is 2. The largest absolute Gasteiger partial charge is 0.337 e. The fraction of sp³-hybridized carbons (Fsp3) is 0.474. The number of likely N-dealkylation sites (tertiary alicyclic amines) is 1. The summed E-state index contributed by atoms with van der Waals surface area (Å²) in [5, 5.41) is 4.74. The average molecular weight is 379 g/mol. The van der Waals surface area contributed by atoms with E-state index in [1.54, 1.807) is 21.7 Å². The molecule has 1 amide bonds. The van der Waals surface area contributed by atoms with E-state index in [1.165, 1.54) is 6.07 Å². The van der Waals surface area contributed by atoms with Crippen molar-refractivity contribution in [2.24, 2.45) is 7.05 Å². The number of amides is 1. The van der Waals surface area contributed by atoms with Crippen LogP contribution in [0.1, 0.15) is 34.6 Å². The van der Waals surface area contributed by atoms with E-state index in [0.29, 0.717) is 22.8 Å². The molecule has 0 N–H and O–H groups in total. The molecule has 0 spiro atoms. The quantitative estimate of drug-likeness (QED) is 0.820. The van der Waals surface area contributed by atoms with Gasteiger partial charge in [0.05, 0.1) is 0 Å². The van der Waals surface area contributed by atoms with E-state index < -0.39 is 0 Å². The van der Waals surface area contributed by atoms with Crippen molar-refractivity contribution in [2.45, 2.75) is 32.4 Å². The third kappa shape index (κ3) is 3.91. The number of piperidine rings is 1. The number of hydrogen-bond donors (Lipinski definition) is 0. The second-order valence-electron chi connectivity index (χ2n) is 6.92. The van der Waals surface area contributed by atoms with Gasteiger partial charge in [-0.05, 0) is 38.0 Å². The van der Waals surface area contributed by atoms with Crippen LogP contribution in [0.2, 0.25) is 5.02 Å². The molecule has 1 aliphatic heterocycles. The Morgan fingerprint density at radius 1 is 1.38 bits per heavy atom. The minimum absolute atomic E-state index is 0.0516. The predicted octanol–water partition coefficient (Wildman–Crippen LogP) is 3.26. The number of rotatable bonds is 4. The molecular weight excluding hydrogens is 355 g/mol. The molecule has 3 rings (SSSR count). The van der Waals surface area contributed by atoms with E-state index in [2.05, 4.69) is 10.00 Å². The van der Waals surface area contributed by atoms with Gasteiger partial charge in [-0.1, -0.05) is 17.7 Å². The summed E-state index contributed by atoms with van der Waals surface area (Å²) in [6.45, 7) is 4.02. The third-order valence-corrected chi connectivity index (χ3v) is 5.56. The predicted molar refractivity (Wildman–Crippen MR) is 99.7 cm³/mol. The van der Waals surface area contributed by atoms with E-state index in [4.69, 9.17) is 11.6 Å². The molecule has 0 aliphatic carbocycles. The van der Waals surface area contributed by atoms with Gasteiger partial charge in [-0.15, -0.1) is 0 Å². The minimum Gasteiger partial charge on any atom is -0.337 e. The Hall–Kier alpha value is -1.92. The van der Waals surface area contributed by atoms with E-state index >= 15 is 0 Å². The highest BCUT2D eigenvalue weighted by molar-refractivity contribution is 6.31. The van der Waals surface area contributed by atoms with Crippen molar-refractivity contribution in [3.8, 4) is 0 Å². The van der Waals surface area contributed by atoms with Gasteiger partial charge in [-0.3, -0.25) is 14.4 Å². The highest BCUT2D eigenvalue weighted by atomic mass is 35.5. The Bertz CT molecular complexity index is 759. The molecule has 0 radical (unpaired) electrons. The molecule has 1 fully saturated rings. The molecule has 0 unspecified atom stereocenters. The lowest BCUT2D eigenvalue weighted by molar-refractivity contribution is 0.0629. The maximum atomic E-state index is 14.0. The molecule has 0 bridgehead atoms. The number of halogens is 2. The second kappa shape index (κ2) is 7.76. The zero-order chi connectivity index (χ0) is 18.8. The normalized spacial score (nSPS) is 16.0. The van der Waals surface area contributed by atoms with Crippen molar-refractivity contribution in [3.63, 3.8) is 0 Å². The average Bonchev–Trinajstić information content (AvgIpc) is 2.96. The van der Waals surface area contributed by atoms with Crippen molar-refractivity contribution < 1.29 is 9.18 Å². The first-order valence-corrected chi connectivity index (χ1v) is 9.17. The Morgan fingerprint density at radius 2 is 2.08 bits per heavy atom. The van der Waals surface area contributed by atoms with Crippen LogP contribution < -0.4 is 0 Å². The number of benzene rings is 1. The Kier molecular flexibility index (Phi) is 5.63. The molecule has 1 saturated heterocycles. The molecule has 26 heavy (non-hydrogen) atoms. The van der Waals surface area contributed by atoms with Crippen molar-refractivity contribution in [1.82, 2.24) is 19.6 Å². The van der Waals surface area contributed by atoms with Gasteiger partial charge in [0.15, 0.2) is 5.69 Å². The van der Waals surface area contributed by atoms with E-state index in [1.807, 2.05) is 27.1 Å². The van der Waals surface area contributed by atoms with Crippen LogP contribution in [-0.2, 0) is 13.6 Å². The number of nitrogens with zero attached hydrogens (tertiary/aromatic N) is 4. The molecule has 5 nitrogen and oxygen atoms in total. The third-order valence-electron chi connectivity index (χ3n) is 5.20. The minimum atomic E-state index is -0.266. The van der Waals surface area contributed by atoms with Gasteiger partial charge in [-0.25, -0.2) is 4.39 Å². The lowest BCUT2D eigenvalue weighted by Crippen LogP contribution is -2.45. The highest BCUT2D eigenvalue weighted by Gasteiger charge is 2.27. The van der Waals surface area contributed by atoms with Crippen molar-refractivity contribution in [3.05, 3.63) is 52.1 Å². The summed E-state index contributed by atoms with van der Waals surface area (Å²) in [6, 6.07) is 6.75. The van der Waals surface area contributed by atoms with Crippen molar-refractivity contribution in [2.75, 3.05) is 20.1 Å². The van der Waals surface area contributed by atoms with Gasteiger partial charge in [0, 0.05) is 56.1 Å². The van der Waals surface area contributed by atoms with Gasteiger partial charge in [0.25, 0.3) is 5.91 Å². The standard InChI is InChI=1S/C19H24ClFN4O/c1-13-11-18(22-24(13)3)19(26)23(2)14-7-9-25(10-8-14)12-15-16(20)5-4-6-17(15)21/h4-6,11,14H,7-10,12H2,1-3H3. The van der Waals surface area contributed by atoms with Crippen LogP contribution in [0.25, 0.3) is 0 Å². The molecular formula is C19H24ClFN4O. The topological polar surface area (TPSA) is 41.4 Å². The van der Waals surface area contributed by atoms with Crippen LogP contribution in [0, 0.1) is 12.7 Å². The lowest BCUT2D eigenvalue weighted by Gasteiger charge is -2.36. The van der Waals surface area contributed by atoms with Gasteiger partial charge in [0.2, 0.25) is 0 Å². The summed E-state index contributed by atoms with van der Waals surface area (Å²) in [5.41, 5.74) is 1.98. The molecule has 7 heteroatoms. The van der Waals surface area contributed by atoms with Gasteiger partial charge in [0.1, 0.15) is 5.82 Å². The van der Waals surface area contributed by atoms with E-state index in [-0.39, 0.29) is 17.8 Å². The van der Waals surface area contributed by atoms with Gasteiger partial charge < -0.3 is 4.90 Å². The fourth-order valence-corrected chi connectivity index (χ4v) is 3.61. The molecule has 1 aliphatic rings. The molecule has 2 heterocycles.